The molecular weight excluding hydrogens is 437 g/mol. The van der Waals surface area contributed by atoms with Gasteiger partial charge in [0.1, 0.15) is 0 Å². The Hall–Kier alpha value is -3.62. The van der Waals surface area contributed by atoms with E-state index in [-0.39, 0.29) is 11.4 Å². The Morgan fingerprint density at radius 2 is 1.82 bits per heavy atom. The highest BCUT2D eigenvalue weighted by molar-refractivity contribution is 5.80. The number of alkyl halides is 3. The number of rotatable bonds is 4. The smallest absolute Gasteiger partial charge is 0.481 e. The van der Waals surface area contributed by atoms with Crippen molar-refractivity contribution >= 4 is 22.8 Å². The standard InChI is InChI=1S/C22H22N2O2.C2HF3O2/c1-22(12-11-20(25)24-22)18-9-7-15(8-10-18)13-17-14-16-5-3-4-6-19(16)23-21(17)26-2;3-2(4,5)1(6)7/h3-10,14H,11-13H2,1-2H3,(H,24,25);(H,6,7)/t22-;/m1./s1. The van der Waals surface area contributed by atoms with Crippen molar-refractivity contribution < 1.29 is 32.6 Å². The third-order valence-corrected chi connectivity index (χ3v) is 5.45. The molecule has 2 heterocycles. The Labute approximate surface area is 188 Å². The van der Waals surface area contributed by atoms with Gasteiger partial charge in [-0.2, -0.15) is 13.2 Å². The quantitative estimate of drug-likeness (QED) is 0.595. The average molecular weight is 460 g/mol. The fourth-order valence-corrected chi connectivity index (χ4v) is 3.67. The molecule has 0 saturated carbocycles. The number of ether oxygens (including phenoxy) is 1. The molecule has 1 atom stereocenters. The highest BCUT2D eigenvalue weighted by Crippen LogP contribution is 2.31. The first-order chi connectivity index (χ1) is 15.5. The number of para-hydroxylation sites is 1. The van der Waals surface area contributed by atoms with Crippen molar-refractivity contribution in [2.75, 3.05) is 7.11 Å². The summed E-state index contributed by atoms with van der Waals surface area (Å²) in [6.07, 6.45) is -2.89. The number of methoxy groups -OCH3 is 1. The van der Waals surface area contributed by atoms with Crippen LogP contribution < -0.4 is 10.1 Å². The number of carboxylic acids is 1. The topological polar surface area (TPSA) is 88.5 Å². The van der Waals surface area contributed by atoms with Gasteiger partial charge in [0, 0.05) is 23.8 Å². The number of halogens is 3. The van der Waals surface area contributed by atoms with Crippen molar-refractivity contribution in [3.63, 3.8) is 0 Å². The number of aliphatic carboxylic acids is 1. The Bertz CT molecular complexity index is 1160. The van der Waals surface area contributed by atoms with Crippen molar-refractivity contribution in [3.8, 4) is 5.88 Å². The van der Waals surface area contributed by atoms with Crippen LogP contribution >= 0.6 is 0 Å². The van der Waals surface area contributed by atoms with E-state index in [1.807, 2.05) is 18.2 Å². The van der Waals surface area contributed by atoms with Crippen molar-refractivity contribution in [1.82, 2.24) is 10.3 Å². The minimum atomic E-state index is -5.08. The zero-order valence-corrected chi connectivity index (χ0v) is 18.1. The summed E-state index contributed by atoms with van der Waals surface area (Å²) in [6.45, 7) is 2.09. The summed E-state index contributed by atoms with van der Waals surface area (Å²) in [5.74, 6) is -1.96. The minimum absolute atomic E-state index is 0.128. The van der Waals surface area contributed by atoms with E-state index >= 15 is 0 Å². The third kappa shape index (κ3) is 5.79. The molecule has 0 aliphatic carbocycles. The number of nitrogens with one attached hydrogen (secondary N) is 1. The number of amides is 1. The van der Waals surface area contributed by atoms with Gasteiger partial charge in [-0.05, 0) is 36.6 Å². The van der Waals surface area contributed by atoms with E-state index in [0.29, 0.717) is 12.3 Å². The number of aromatic nitrogens is 1. The Morgan fingerprint density at radius 1 is 1.18 bits per heavy atom. The molecule has 3 aromatic rings. The van der Waals surface area contributed by atoms with Gasteiger partial charge in [-0.15, -0.1) is 0 Å². The van der Waals surface area contributed by atoms with Crippen LogP contribution in [0.15, 0.2) is 54.6 Å². The minimum Gasteiger partial charge on any atom is -0.481 e. The van der Waals surface area contributed by atoms with Gasteiger partial charge in [-0.3, -0.25) is 4.79 Å². The van der Waals surface area contributed by atoms with Gasteiger partial charge in [-0.1, -0.05) is 42.5 Å². The summed E-state index contributed by atoms with van der Waals surface area (Å²) in [7, 11) is 1.66. The van der Waals surface area contributed by atoms with Gasteiger partial charge >= 0.3 is 12.1 Å². The van der Waals surface area contributed by atoms with Crippen LogP contribution in [0.1, 0.15) is 36.5 Å². The first-order valence-electron chi connectivity index (χ1n) is 10.1. The van der Waals surface area contributed by atoms with Crippen molar-refractivity contribution in [2.24, 2.45) is 0 Å². The molecule has 2 aromatic carbocycles. The number of carbonyl (C=O) groups excluding carboxylic acids is 1. The number of fused-ring (bicyclic) bond motifs is 1. The van der Waals surface area contributed by atoms with Crippen molar-refractivity contribution in [3.05, 3.63) is 71.3 Å². The molecule has 1 aliphatic heterocycles. The number of carbonyl (C=O) groups is 2. The number of benzene rings is 2. The number of nitrogens with zero attached hydrogens (tertiary/aromatic N) is 1. The number of carboxylic acid groups (broad SMARTS) is 1. The molecule has 174 valence electrons. The molecule has 0 spiro atoms. The van der Waals surface area contributed by atoms with Crippen LogP contribution in [0.4, 0.5) is 13.2 Å². The lowest BCUT2D eigenvalue weighted by molar-refractivity contribution is -0.192. The molecule has 1 saturated heterocycles. The lowest BCUT2D eigenvalue weighted by atomic mass is 9.89. The summed E-state index contributed by atoms with van der Waals surface area (Å²) in [5.41, 5.74) is 4.10. The molecule has 1 aromatic heterocycles. The predicted octanol–water partition coefficient (Wildman–Crippen LogP) is 4.59. The van der Waals surface area contributed by atoms with Gasteiger partial charge in [0.25, 0.3) is 0 Å². The Balaban J connectivity index is 0.000000383. The second-order valence-corrected chi connectivity index (χ2v) is 7.91. The van der Waals surface area contributed by atoms with Crippen LogP contribution in [0.25, 0.3) is 10.9 Å². The average Bonchev–Trinajstić information content (AvgIpc) is 3.13. The first kappa shape index (κ1) is 24.0. The number of hydrogen-bond acceptors (Lipinski definition) is 4. The van der Waals surface area contributed by atoms with Crippen LogP contribution in [0, 0.1) is 0 Å². The molecule has 1 amide bonds. The first-order valence-corrected chi connectivity index (χ1v) is 10.1. The highest BCUT2D eigenvalue weighted by atomic mass is 19.4. The SMILES string of the molecule is COc1nc2ccccc2cc1Cc1ccc([C@@]2(C)CCC(=O)N2)cc1.O=C(O)C(F)(F)F. The normalized spacial score (nSPS) is 17.8. The molecule has 0 radical (unpaired) electrons. The second-order valence-electron chi connectivity index (χ2n) is 7.91. The van der Waals surface area contributed by atoms with E-state index in [1.165, 1.54) is 5.56 Å². The molecular formula is C24H23F3N2O4. The fourth-order valence-electron chi connectivity index (χ4n) is 3.67. The number of pyridine rings is 1. The highest BCUT2D eigenvalue weighted by Gasteiger charge is 2.38. The maximum Gasteiger partial charge on any atom is 0.490 e. The molecule has 1 fully saturated rings. The lowest BCUT2D eigenvalue weighted by Crippen LogP contribution is -2.35. The molecule has 1 aliphatic rings. The van der Waals surface area contributed by atoms with E-state index in [9.17, 15) is 18.0 Å². The molecule has 0 bridgehead atoms. The fraction of sp³-hybridized carbons (Fsp3) is 0.292. The third-order valence-electron chi connectivity index (χ3n) is 5.45. The van der Waals surface area contributed by atoms with Crippen LogP contribution in [-0.4, -0.2) is 35.3 Å². The maximum atomic E-state index is 11.6. The van der Waals surface area contributed by atoms with Crippen molar-refractivity contribution in [1.29, 1.82) is 0 Å². The summed E-state index contributed by atoms with van der Waals surface area (Å²) < 4.78 is 37.2. The molecule has 33 heavy (non-hydrogen) atoms. The van der Waals surface area contributed by atoms with E-state index in [1.54, 1.807) is 7.11 Å². The molecule has 9 heteroatoms. The summed E-state index contributed by atoms with van der Waals surface area (Å²) in [4.78, 5) is 25.1. The summed E-state index contributed by atoms with van der Waals surface area (Å²) in [5, 5.41) is 11.3. The van der Waals surface area contributed by atoms with Gasteiger partial charge in [0.2, 0.25) is 11.8 Å². The zero-order chi connectivity index (χ0) is 24.2. The summed E-state index contributed by atoms with van der Waals surface area (Å²) in [6, 6.07) is 18.7. The van der Waals surface area contributed by atoms with E-state index in [4.69, 9.17) is 14.6 Å². The molecule has 6 nitrogen and oxygen atoms in total. The van der Waals surface area contributed by atoms with E-state index in [0.717, 1.165) is 34.9 Å². The van der Waals surface area contributed by atoms with Gasteiger partial charge in [0.15, 0.2) is 0 Å². The van der Waals surface area contributed by atoms with Crippen LogP contribution in [0.3, 0.4) is 0 Å². The molecule has 2 N–H and O–H groups in total. The Kier molecular flexibility index (Phi) is 6.90. The van der Waals surface area contributed by atoms with E-state index < -0.39 is 12.1 Å². The van der Waals surface area contributed by atoms with Crippen molar-refractivity contribution in [2.45, 2.75) is 37.9 Å². The van der Waals surface area contributed by atoms with E-state index in [2.05, 4.69) is 53.6 Å². The van der Waals surface area contributed by atoms with Crippen LogP contribution in [-0.2, 0) is 21.5 Å². The predicted molar refractivity (Wildman–Crippen MR) is 116 cm³/mol. The zero-order valence-electron chi connectivity index (χ0n) is 18.1. The molecule has 4 rings (SSSR count). The largest absolute Gasteiger partial charge is 0.490 e. The van der Waals surface area contributed by atoms with Gasteiger partial charge in [0.05, 0.1) is 18.2 Å². The maximum absolute atomic E-state index is 11.6. The van der Waals surface area contributed by atoms with Gasteiger partial charge < -0.3 is 15.2 Å². The Morgan fingerprint density at radius 3 is 2.36 bits per heavy atom. The van der Waals surface area contributed by atoms with Gasteiger partial charge in [-0.25, -0.2) is 9.78 Å². The van der Waals surface area contributed by atoms with Crippen LogP contribution in [0.5, 0.6) is 5.88 Å². The second kappa shape index (κ2) is 9.48. The molecule has 0 unspecified atom stereocenters. The monoisotopic (exact) mass is 460 g/mol. The summed E-state index contributed by atoms with van der Waals surface area (Å²) >= 11 is 0. The lowest BCUT2D eigenvalue weighted by Gasteiger charge is -2.24. The number of hydrogen-bond donors (Lipinski definition) is 2. The van der Waals surface area contributed by atoms with Crippen LogP contribution in [0.2, 0.25) is 0 Å².